The van der Waals surface area contributed by atoms with Crippen LogP contribution >= 0.6 is 11.6 Å². The quantitative estimate of drug-likeness (QED) is 0.343. The average molecular weight is 285 g/mol. The van der Waals surface area contributed by atoms with E-state index < -0.39 is 0 Å². The summed E-state index contributed by atoms with van der Waals surface area (Å²) < 4.78 is 0. The number of amidine groups is 1. The van der Waals surface area contributed by atoms with Gasteiger partial charge in [-0.25, -0.2) is 4.79 Å². The Morgan fingerprint density at radius 1 is 1.58 bits per heavy atom. The summed E-state index contributed by atoms with van der Waals surface area (Å²) in [7, 11) is 0. The second kappa shape index (κ2) is 6.84. The Morgan fingerprint density at radius 2 is 2.26 bits per heavy atom. The number of aryl methyl sites for hydroxylation is 1. The molecular weight excluding hydrogens is 268 g/mol. The van der Waals surface area contributed by atoms with Gasteiger partial charge in [-0.05, 0) is 31.5 Å². The Kier molecular flexibility index (Phi) is 5.44. The van der Waals surface area contributed by atoms with E-state index in [1.807, 2.05) is 13.0 Å². The number of benzene rings is 1. The second-order valence-corrected chi connectivity index (χ2v) is 4.41. The molecule has 4 N–H and O–H groups in total. The minimum atomic E-state index is -0.339. The van der Waals surface area contributed by atoms with Gasteiger partial charge in [0.1, 0.15) is 0 Å². The molecule has 0 heterocycles. The molecule has 0 spiro atoms. The van der Waals surface area contributed by atoms with Crippen LogP contribution in [0.5, 0.6) is 0 Å². The zero-order valence-corrected chi connectivity index (χ0v) is 11.6. The maximum absolute atomic E-state index is 12.0. The van der Waals surface area contributed by atoms with E-state index >= 15 is 0 Å². The molecule has 0 atom stereocenters. The number of amides is 2. The Morgan fingerprint density at radius 3 is 2.79 bits per heavy atom. The van der Waals surface area contributed by atoms with E-state index in [-0.39, 0.29) is 18.4 Å². The van der Waals surface area contributed by atoms with Gasteiger partial charge in [0, 0.05) is 17.3 Å². The summed E-state index contributed by atoms with van der Waals surface area (Å²) in [5, 5.41) is 14.6. The molecule has 104 valence electrons. The van der Waals surface area contributed by atoms with Crippen molar-refractivity contribution in [1.82, 2.24) is 4.90 Å². The molecule has 7 heteroatoms. The molecule has 2 amide bonds. The lowest BCUT2D eigenvalue weighted by Gasteiger charge is -2.20. The molecule has 0 unspecified atom stereocenters. The van der Waals surface area contributed by atoms with E-state index in [2.05, 4.69) is 10.5 Å². The van der Waals surface area contributed by atoms with Gasteiger partial charge in [0.15, 0.2) is 5.84 Å². The van der Waals surface area contributed by atoms with Crippen molar-refractivity contribution in [2.45, 2.75) is 13.8 Å². The molecule has 0 bridgehead atoms. The number of nitrogens with two attached hydrogens (primary N) is 1. The van der Waals surface area contributed by atoms with Crippen LogP contribution in [-0.4, -0.2) is 35.1 Å². The molecule has 0 radical (unpaired) electrons. The van der Waals surface area contributed by atoms with Crippen LogP contribution in [0, 0.1) is 6.92 Å². The number of hydrogen-bond acceptors (Lipinski definition) is 3. The van der Waals surface area contributed by atoms with E-state index in [0.717, 1.165) is 5.56 Å². The van der Waals surface area contributed by atoms with Crippen LogP contribution in [0.3, 0.4) is 0 Å². The first kappa shape index (κ1) is 15.1. The van der Waals surface area contributed by atoms with Gasteiger partial charge in [0.2, 0.25) is 0 Å². The lowest BCUT2D eigenvalue weighted by Crippen LogP contribution is -2.40. The van der Waals surface area contributed by atoms with Gasteiger partial charge in [-0.1, -0.05) is 22.8 Å². The normalized spacial score (nSPS) is 11.2. The number of rotatable bonds is 4. The highest BCUT2D eigenvalue weighted by atomic mass is 35.5. The van der Waals surface area contributed by atoms with E-state index in [0.29, 0.717) is 17.3 Å². The number of oxime groups is 1. The predicted octanol–water partition coefficient (Wildman–Crippen LogP) is 2.25. The highest BCUT2D eigenvalue weighted by Crippen LogP contribution is 2.20. The van der Waals surface area contributed by atoms with Crippen LogP contribution in [-0.2, 0) is 0 Å². The van der Waals surface area contributed by atoms with Crippen molar-refractivity contribution >= 4 is 29.2 Å². The third-order valence-electron chi connectivity index (χ3n) is 2.57. The number of carbonyl (C=O) groups excluding carboxylic acids is 1. The van der Waals surface area contributed by atoms with Crippen molar-refractivity contribution in [3.8, 4) is 0 Å². The molecule has 19 heavy (non-hydrogen) atoms. The van der Waals surface area contributed by atoms with Gasteiger partial charge in [-0.2, -0.15) is 0 Å². The van der Waals surface area contributed by atoms with E-state index in [1.54, 1.807) is 19.1 Å². The molecule has 0 saturated heterocycles. The first-order chi connectivity index (χ1) is 8.97. The first-order valence-corrected chi connectivity index (χ1v) is 6.14. The van der Waals surface area contributed by atoms with Gasteiger partial charge < -0.3 is 21.2 Å². The van der Waals surface area contributed by atoms with E-state index in [9.17, 15) is 4.79 Å². The zero-order valence-electron chi connectivity index (χ0n) is 10.9. The number of anilines is 1. The maximum atomic E-state index is 12.0. The Hall–Kier alpha value is -1.95. The largest absolute Gasteiger partial charge is 0.409 e. The van der Waals surface area contributed by atoms with Gasteiger partial charge in [0.05, 0.1) is 6.54 Å². The van der Waals surface area contributed by atoms with E-state index in [4.69, 9.17) is 22.5 Å². The Labute approximate surface area is 116 Å². The number of nitrogens with zero attached hydrogens (tertiary/aromatic N) is 2. The lowest BCUT2D eigenvalue weighted by molar-refractivity contribution is 0.220. The molecule has 0 aliphatic carbocycles. The summed E-state index contributed by atoms with van der Waals surface area (Å²) in [6.07, 6.45) is 0. The van der Waals surface area contributed by atoms with Gasteiger partial charge in [-0.15, -0.1) is 0 Å². The van der Waals surface area contributed by atoms with E-state index in [1.165, 1.54) is 4.90 Å². The maximum Gasteiger partial charge on any atom is 0.322 e. The highest BCUT2D eigenvalue weighted by Gasteiger charge is 2.13. The van der Waals surface area contributed by atoms with Gasteiger partial charge >= 0.3 is 6.03 Å². The molecule has 1 aromatic rings. The molecule has 0 fully saturated rings. The van der Waals surface area contributed by atoms with Crippen LogP contribution in [0.25, 0.3) is 0 Å². The van der Waals surface area contributed by atoms with Crippen LogP contribution < -0.4 is 11.1 Å². The minimum Gasteiger partial charge on any atom is -0.409 e. The molecule has 1 aromatic carbocycles. The van der Waals surface area contributed by atoms with Crippen LogP contribution in [0.2, 0.25) is 5.02 Å². The number of halogens is 1. The summed E-state index contributed by atoms with van der Waals surface area (Å²) in [5.74, 6) is -0.0288. The van der Waals surface area contributed by atoms with Gasteiger partial charge in [-0.3, -0.25) is 0 Å². The third kappa shape index (κ3) is 4.33. The molecule has 0 aliphatic heterocycles. The molecule has 1 rings (SSSR count). The van der Waals surface area contributed by atoms with Crippen molar-refractivity contribution in [2.24, 2.45) is 10.9 Å². The van der Waals surface area contributed by atoms with Crippen molar-refractivity contribution in [2.75, 3.05) is 18.4 Å². The number of hydrogen-bond donors (Lipinski definition) is 3. The monoisotopic (exact) mass is 284 g/mol. The van der Waals surface area contributed by atoms with Crippen LogP contribution in [0.1, 0.15) is 12.5 Å². The van der Waals surface area contributed by atoms with Crippen LogP contribution in [0.15, 0.2) is 23.4 Å². The topological polar surface area (TPSA) is 90.9 Å². The first-order valence-electron chi connectivity index (χ1n) is 5.76. The van der Waals surface area contributed by atoms with Crippen molar-refractivity contribution < 1.29 is 10.0 Å². The zero-order chi connectivity index (χ0) is 14.4. The molecule has 6 nitrogen and oxygen atoms in total. The number of likely N-dealkylation sites (N-methyl/N-ethyl adjacent to an activating group) is 1. The predicted molar refractivity (Wildman–Crippen MR) is 75.9 cm³/mol. The van der Waals surface area contributed by atoms with Crippen molar-refractivity contribution in [1.29, 1.82) is 0 Å². The van der Waals surface area contributed by atoms with Gasteiger partial charge in [0.25, 0.3) is 0 Å². The second-order valence-electron chi connectivity index (χ2n) is 4.00. The molecule has 0 aliphatic rings. The molecular formula is C12H17ClN4O2. The number of urea groups is 1. The summed E-state index contributed by atoms with van der Waals surface area (Å²) >= 11 is 5.98. The summed E-state index contributed by atoms with van der Waals surface area (Å²) in [6, 6.07) is 4.91. The molecule has 0 saturated carbocycles. The Bertz CT molecular complexity index is 491. The third-order valence-corrected chi connectivity index (χ3v) is 2.98. The van der Waals surface area contributed by atoms with Crippen LogP contribution in [0.4, 0.5) is 10.5 Å². The fourth-order valence-electron chi connectivity index (χ4n) is 1.43. The standard InChI is InChI=1S/C12H17ClN4O2/c1-3-17(7-11(14)16-19)12(18)15-9-5-4-8(2)10(13)6-9/h4-6,19H,3,7H2,1-2H3,(H2,14,16)(H,15,18). The fourth-order valence-corrected chi connectivity index (χ4v) is 1.61. The lowest BCUT2D eigenvalue weighted by atomic mass is 10.2. The summed E-state index contributed by atoms with van der Waals surface area (Å²) in [6.45, 7) is 4.16. The number of carbonyl (C=O) groups is 1. The highest BCUT2D eigenvalue weighted by molar-refractivity contribution is 6.31. The summed E-state index contributed by atoms with van der Waals surface area (Å²) in [5.41, 5.74) is 6.91. The fraction of sp³-hybridized carbons (Fsp3) is 0.333. The smallest absolute Gasteiger partial charge is 0.322 e. The minimum absolute atomic E-state index is 0.0288. The SMILES string of the molecule is CCN(CC(N)=NO)C(=O)Nc1ccc(C)c(Cl)c1. The molecule has 0 aromatic heterocycles. The average Bonchev–Trinajstić information content (AvgIpc) is 2.39. The number of nitrogens with one attached hydrogen (secondary N) is 1. The Balaban J connectivity index is 2.73. The van der Waals surface area contributed by atoms with Crippen molar-refractivity contribution in [3.05, 3.63) is 28.8 Å². The summed E-state index contributed by atoms with van der Waals surface area (Å²) in [4.78, 5) is 13.4. The van der Waals surface area contributed by atoms with Crippen molar-refractivity contribution in [3.63, 3.8) is 0 Å².